The van der Waals surface area contributed by atoms with Crippen molar-refractivity contribution in [3.8, 4) is 0 Å². The topological polar surface area (TPSA) is 90.5 Å². The molecule has 1 aromatic carbocycles. The van der Waals surface area contributed by atoms with Crippen molar-refractivity contribution < 1.29 is 14.4 Å². The number of hydrogen-bond acceptors (Lipinski definition) is 3. The van der Waals surface area contributed by atoms with E-state index in [0.29, 0.717) is 24.3 Å². The Morgan fingerprint density at radius 1 is 1.15 bits per heavy atom. The molecule has 0 spiro atoms. The van der Waals surface area contributed by atoms with E-state index in [1.807, 2.05) is 27.7 Å². The van der Waals surface area contributed by atoms with Crippen LogP contribution in [0.3, 0.4) is 0 Å². The molecule has 1 aliphatic heterocycles. The quantitative estimate of drug-likeness (QED) is 0.740. The van der Waals surface area contributed by atoms with E-state index in [9.17, 15) is 14.4 Å². The van der Waals surface area contributed by atoms with Crippen molar-refractivity contribution in [3.05, 3.63) is 29.8 Å². The highest BCUT2D eigenvalue weighted by Crippen LogP contribution is 2.17. The van der Waals surface area contributed by atoms with Crippen LogP contribution in [0.1, 0.15) is 50.9 Å². The first-order valence-electron chi connectivity index (χ1n) is 9.53. The molecule has 0 saturated carbocycles. The van der Waals surface area contributed by atoms with E-state index in [4.69, 9.17) is 0 Å². The Morgan fingerprint density at radius 3 is 2.56 bits per heavy atom. The van der Waals surface area contributed by atoms with Crippen molar-refractivity contribution >= 4 is 23.5 Å². The molecule has 0 radical (unpaired) electrons. The molecule has 1 aliphatic rings. The Balaban J connectivity index is 2.01. The van der Waals surface area contributed by atoms with Crippen LogP contribution < -0.4 is 16.0 Å². The molecule has 1 unspecified atom stereocenters. The molecule has 0 aromatic heterocycles. The minimum Gasteiger partial charge on any atom is -0.351 e. The molecule has 1 heterocycles. The summed E-state index contributed by atoms with van der Waals surface area (Å²) in [6, 6.07) is 6.63. The third-order valence-corrected chi connectivity index (χ3v) is 4.37. The first-order chi connectivity index (χ1) is 12.8. The molecule has 3 N–H and O–H groups in total. The van der Waals surface area contributed by atoms with Gasteiger partial charge in [-0.05, 0) is 44.9 Å². The van der Waals surface area contributed by atoms with E-state index in [2.05, 4.69) is 16.0 Å². The van der Waals surface area contributed by atoms with Crippen molar-refractivity contribution in [3.63, 3.8) is 0 Å². The standard InChI is InChI=1S/C20H30N4O3/c1-13(2)18(25)22-17-9-6-10-24(12-17)19(26)15-7-5-8-16(11-15)23-20(27)21-14(3)4/h5,7-8,11,13-14,17H,6,9-10,12H2,1-4H3,(H,22,25)(H2,21,23,27). The number of likely N-dealkylation sites (tertiary alicyclic amines) is 1. The summed E-state index contributed by atoms with van der Waals surface area (Å²) in [5.74, 6) is -0.154. The molecule has 7 nitrogen and oxygen atoms in total. The molecule has 0 aliphatic carbocycles. The molecule has 1 atom stereocenters. The van der Waals surface area contributed by atoms with Gasteiger partial charge in [-0.3, -0.25) is 9.59 Å². The number of amides is 4. The summed E-state index contributed by atoms with van der Waals surface area (Å²) in [4.78, 5) is 38.4. The maximum absolute atomic E-state index is 12.9. The number of hydrogen-bond donors (Lipinski definition) is 3. The first-order valence-corrected chi connectivity index (χ1v) is 9.53. The summed E-state index contributed by atoms with van der Waals surface area (Å²) in [5.41, 5.74) is 1.09. The number of piperidine rings is 1. The molecule has 1 fully saturated rings. The molecule has 1 saturated heterocycles. The number of benzene rings is 1. The third kappa shape index (κ3) is 6.27. The van der Waals surface area contributed by atoms with Gasteiger partial charge in [-0.15, -0.1) is 0 Å². The zero-order valence-electron chi connectivity index (χ0n) is 16.5. The molecule has 7 heteroatoms. The molecule has 4 amide bonds. The minimum atomic E-state index is -0.302. The summed E-state index contributed by atoms with van der Waals surface area (Å²) >= 11 is 0. The van der Waals surface area contributed by atoms with Crippen molar-refractivity contribution in [1.29, 1.82) is 0 Å². The predicted octanol–water partition coefficient (Wildman–Crippen LogP) is 2.59. The highest BCUT2D eigenvalue weighted by atomic mass is 16.2. The van der Waals surface area contributed by atoms with Crippen molar-refractivity contribution in [1.82, 2.24) is 15.5 Å². The molecule has 27 heavy (non-hydrogen) atoms. The number of urea groups is 1. The fourth-order valence-corrected chi connectivity index (χ4v) is 2.99. The van der Waals surface area contributed by atoms with Crippen LogP contribution in [0.25, 0.3) is 0 Å². The fourth-order valence-electron chi connectivity index (χ4n) is 2.99. The van der Waals surface area contributed by atoms with Crippen LogP contribution in [-0.4, -0.2) is 47.9 Å². The molecule has 0 bridgehead atoms. The van der Waals surface area contributed by atoms with E-state index in [0.717, 1.165) is 12.8 Å². The Labute approximate surface area is 160 Å². The van der Waals surface area contributed by atoms with Crippen LogP contribution >= 0.6 is 0 Å². The normalized spacial score (nSPS) is 17.0. The summed E-state index contributed by atoms with van der Waals surface area (Å²) < 4.78 is 0. The molecular weight excluding hydrogens is 344 g/mol. The number of anilines is 1. The van der Waals surface area contributed by atoms with Gasteiger partial charge in [0.2, 0.25) is 5.91 Å². The Hall–Kier alpha value is -2.57. The summed E-state index contributed by atoms with van der Waals surface area (Å²) in [6.07, 6.45) is 1.72. The first kappa shape index (κ1) is 20.7. The Kier molecular flexibility index (Phi) is 7.21. The van der Waals surface area contributed by atoms with E-state index in [-0.39, 0.29) is 35.8 Å². The second-order valence-electron chi connectivity index (χ2n) is 7.59. The monoisotopic (exact) mass is 374 g/mol. The van der Waals surface area contributed by atoms with Gasteiger partial charge in [-0.1, -0.05) is 19.9 Å². The SMILES string of the molecule is CC(C)NC(=O)Nc1cccc(C(=O)N2CCCC(NC(=O)C(C)C)C2)c1. The Morgan fingerprint density at radius 2 is 1.89 bits per heavy atom. The van der Waals surface area contributed by atoms with Gasteiger partial charge >= 0.3 is 6.03 Å². The number of carbonyl (C=O) groups excluding carboxylic acids is 3. The van der Waals surface area contributed by atoms with E-state index in [1.165, 1.54) is 0 Å². The van der Waals surface area contributed by atoms with Crippen LogP contribution in [0.2, 0.25) is 0 Å². The number of carbonyl (C=O) groups is 3. The number of nitrogens with zero attached hydrogens (tertiary/aromatic N) is 1. The number of nitrogens with one attached hydrogen (secondary N) is 3. The number of rotatable bonds is 5. The van der Waals surface area contributed by atoms with Crippen LogP contribution in [-0.2, 0) is 4.79 Å². The molecule has 148 valence electrons. The Bertz CT molecular complexity index is 688. The lowest BCUT2D eigenvalue weighted by atomic mass is 10.0. The van der Waals surface area contributed by atoms with Gasteiger partial charge < -0.3 is 20.9 Å². The third-order valence-electron chi connectivity index (χ3n) is 4.37. The highest BCUT2D eigenvalue weighted by molar-refractivity contribution is 5.97. The van der Waals surface area contributed by atoms with Gasteiger partial charge in [0, 0.05) is 42.3 Å². The van der Waals surface area contributed by atoms with Crippen LogP contribution in [0.4, 0.5) is 10.5 Å². The lowest BCUT2D eigenvalue weighted by Gasteiger charge is -2.33. The van der Waals surface area contributed by atoms with Gasteiger partial charge in [-0.2, -0.15) is 0 Å². The summed E-state index contributed by atoms with van der Waals surface area (Å²) in [5, 5.41) is 8.50. The predicted molar refractivity (Wildman–Crippen MR) is 106 cm³/mol. The maximum Gasteiger partial charge on any atom is 0.319 e. The van der Waals surface area contributed by atoms with Gasteiger partial charge in [0.25, 0.3) is 5.91 Å². The molecule has 1 aromatic rings. The van der Waals surface area contributed by atoms with E-state index < -0.39 is 0 Å². The van der Waals surface area contributed by atoms with Crippen LogP contribution in [0.5, 0.6) is 0 Å². The minimum absolute atomic E-state index is 0.0108. The van der Waals surface area contributed by atoms with Gasteiger partial charge in [0.05, 0.1) is 0 Å². The van der Waals surface area contributed by atoms with Crippen LogP contribution in [0, 0.1) is 5.92 Å². The van der Waals surface area contributed by atoms with E-state index in [1.54, 1.807) is 29.2 Å². The van der Waals surface area contributed by atoms with E-state index >= 15 is 0 Å². The second-order valence-corrected chi connectivity index (χ2v) is 7.59. The average Bonchev–Trinajstić information content (AvgIpc) is 2.60. The lowest BCUT2D eigenvalue weighted by Crippen LogP contribution is -2.50. The van der Waals surface area contributed by atoms with Crippen molar-refractivity contribution in [2.45, 2.75) is 52.6 Å². The molecule has 2 rings (SSSR count). The fraction of sp³-hybridized carbons (Fsp3) is 0.550. The van der Waals surface area contributed by atoms with Gasteiger partial charge in [0.15, 0.2) is 0 Å². The zero-order chi connectivity index (χ0) is 20.0. The second kappa shape index (κ2) is 9.39. The van der Waals surface area contributed by atoms with Gasteiger partial charge in [-0.25, -0.2) is 4.79 Å². The largest absolute Gasteiger partial charge is 0.351 e. The zero-order valence-corrected chi connectivity index (χ0v) is 16.5. The summed E-state index contributed by atoms with van der Waals surface area (Å²) in [6.45, 7) is 8.64. The maximum atomic E-state index is 12.9. The average molecular weight is 374 g/mol. The molecular formula is C20H30N4O3. The van der Waals surface area contributed by atoms with Crippen molar-refractivity contribution in [2.75, 3.05) is 18.4 Å². The van der Waals surface area contributed by atoms with Crippen molar-refractivity contribution in [2.24, 2.45) is 5.92 Å². The van der Waals surface area contributed by atoms with Gasteiger partial charge in [0.1, 0.15) is 0 Å². The van der Waals surface area contributed by atoms with Crippen LogP contribution in [0.15, 0.2) is 24.3 Å². The lowest BCUT2D eigenvalue weighted by molar-refractivity contribution is -0.125. The summed E-state index contributed by atoms with van der Waals surface area (Å²) in [7, 11) is 0. The highest BCUT2D eigenvalue weighted by Gasteiger charge is 2.26. The smallest absolute Gasteiger partial charge is 0.319 e.